The zero-order chi connectivity index (χ0) is 26.2. The number of nitrogen functional groups attached to an aromatic ring is 1. The fourth-order valence-electron chi connectivity index (χ4n) is 6.07. The van der Waals surface area contributed by atoms with E-state index in [0.29, 0.717) is 34.8 Å². The number of nitrogens with two attached hydrogens (primary N) is 1. The van der Waals surface area contributed by atoms with E-state index in [1.54, 1.807) is 24.4 Å². The van der Waals surface area contributed by atoms with Crippen molar-refractivity contribution in [3.05, 3.63) is 89.2 Å². The lowest BCUT2D eigenvalue weighted by Gasteiger charge is -2.36. The van der Waals surface area contributed by atoms with Gasteiger partial charge in [-0.25, -0.2) is 0 Å². The molecule has 6 rings (SSSR count). The smallest absolute Gasteiger partial charge is 0.251 e. The summed E-state index contributed by atoms with van der Waals surface area (Å²) < 4.78 is 6.32. The van der Waals surface area contributed by atoms with E-state index in [-0.39, 0.29) is 23.8 Å². The summed E-state index contributed by atoms with van der Waals surface area (Å²) in [7, 11) is 2.23. The Bertz CT molecular complexity index is 1310. The molecule has 4 N–H and O–H groups in total. The lowest BCUT2D eigenvalue weighted by Crippen LogP contribution is -2.43. The first-order valence-electron chi connectivity index (χ1n) is 13.7. The minimum atomic E-state index is -0.183. The van der Waals surface area contributed by atoms with Gasteiger partial charge in [0.15, 0.2) is 0 Å². The van der Waals surface area contributed by atoms with Crippen molar-refractivity contribution < 1.29 is 9.53 Å². The Morgan fingerprint density at radius 1 is 1.03 bits per heavy atom. The molecule has 1 aliphatic carbocycles. The quantitative estimate of drug-likeness (QED) is 0.294. The first kappa shape index (κ1) is 24.6. The number of carbonyl (C=O) groups is 1. The van der Waals surface area contributed by atoms with Crippen molar-refractivity contribution in [1.29, 1.82) is 5.41 Å². The second-order valence-corrected chi connectivity index (χ2v) is 11.0. The summed E-state index contributed by atoms with van der Waals surface area (Å²) >= 11 is 0. The summed E-state index contributed by atoms with van der Waals surface area (Å²) in [4.78, 5) is 20.2. The summed E-state index contributed by atoms with van der Waals surface area (Å²) in [6, 6.07) is 19.7. The average Bonchev–Trinajstić information content (AvgIpc) is 3.75. The summed E-state index contributed by atoms with van der Waals surface area (Å²) in [6.07, 6.45) is 8.82. The van der Waals surface area contributed by atoms with E-state index in [0.717, 1.165) is 42.7 Å². The Hall–Kier alpha value is -3.71. The normalized spacial score (nSPS) is 23.6. The fraction of sp³-hybridized carbons (Fsp3) is 0.387. The molecule has 1 saturated carbocycles. The van der Waals surface area contributed by atoms with Crippen molar-refractivity contribution in [3.8, 4) is 5.75 Å². The number of anilines is 1. The van der Waals surface area contributed by atoms with Crippen molar-refractivity contribution >= 4 is 17.3 Å². The Kier molecular flexibility index (Phi) is 6.62. The minimum Gasteiger partial charge on any atom is -0.490 e. The van der Waals surface area contributed by atoms with Gasteiger partial charge in [0.25, 0.3) is 5.91 Å². The summed E-state index contributed by atoms with van der Waals surface area (Å²) in [5.41, 5.74) is 9.65. The zero-order valence-corrected chi connectivity index (χ0v) is 21.8. The molecule has 196 valence electrons. The van der Waals surface area contributed by atoms with Crippen molar-refractivity contribution in [2.75, 3.05) is 12.8 Å². The number of nitrogens with one attached hydrogen (secondary N) is 2. The molecular formula is C31H35N5O2. The number of aromatic nitrogens is 1. The van der Waals surface area contributed by atoms with Crippen LogP contribution >= 0.6 is 0 Å². The molecule has 3 aromatic rings. The Morgan fingerprint density at radius 3 is 2.39 bits per heavy atom. The van der Waals surface area contributed by atoms with Crippen LogP contribution in [0.4, 0.5) is 5.69 Å². The Labute approximate surface area is 223 Å². The number of nitrogens with zero attached hydrogens (tertiary/aromatic N) is 2. The molecule has 2 aliphatic heterocycles. The maximum absolute atomic E-state index is 13.2. The lowest BCUT2D eigenvalue weighted by molar-refractivity contribution is 0.0661. The second-order valence-electron chi connectivity index (χ2n) is 11.0. The van der Waals surface area contributed by atoms with Gasteiger partial charge < -0.3 is 20.7 Å². The number of hydrogen-bond donors (Lipinski definition) is 3. The molecule has 2 aromatic carbocycles. The molecule has 1 aromatic heterocycles. The standard InChI is InChI=1S/C31H35N5O2/c1-36-22-10-11-23(36)18-25(17-22)38-24-12-7-19(8-13-24)29(33)26-16-21(9-14-27(26)32)31(37)35-30(20-5-6-20)28-4-2-3-15-34-28/h2-4,7-9,12-16,20,22-23,25,30,33H,5-6,10-11,17-18,32H2,1H3,(H,35,37). The summed E-state index contributed by atoms with van der Waals surface area (Å²) in [6.45, 7) is 0. The van der Waals surface area contributed by atoms with Crippen LogP contribution in [0.1, 0.15) is 71.7 Å². The Morgan fingerprint density at radius 2 is 1.74 bits per heavy atom. The molecule has 3 atom stereocenters. The maximum atomic E-state index is 13.2. The molecule has 3 heterocycles. The molecule has 0 spiro atoms. The van der Waals surface area contributed by atoms with Gasteiger partial charge in [-0.2, -0.15) is 0 Å². The van der Waals surface area contributed by atoms with Crippen LogP contribution in [-0.4, -0.2) is 46.7 Å². The predicted octanol–water partition coefficient (Wildman–Crippen LogP) is 4.97. The molecule has 0 radical (unpaired) electrons. The van der Waals surface area contributed by atoms with Crippen LogP contribution in [0.5, 0.6) is 5.75 Å². The van der Waals surface area contributed by atoms with Crippen LogP contribution in [-0.2, 0) is 0 Å². The average molecular weight is 510 g/mol. The van der Waals surface area contributed by atoms with Crippen LogP contribution in [0.3, 0.4) is 0 Å². The topological polar surface area (TPSA) is 104 Å². The molecule has 7 nitrogen and oxygen atoms in total. The molecular weight excluding hydrogens is 474 g/mol. The van der Waals surface area contributed by atoms with Gasteiger partial charge in [0.05, 0.1) is 17.4 Å². The molecule has 1 amide bonds. The van der Waals surface area contributed by atoms with Crippen LogP contribution in [0.25, 0.3) is 0 Å². The number of benzene rings is 2. The van der Waals surface area contributed by atoms with Crippen molar-refractivity contribution in [1.82, 2.24) is 15.2 Å². The number of rotatable bonds is 8. The predicted molar refractivity (Wildman–Crippen MR) is 149 cm³/mol. The summed E-state index contributed by atoms with van der Waals surface area (Å²) in [5, 5.41) is 12.0. The number of amides is 1. The van der Waals surface area contributed by atoms with E-state index in [4.69, 9.17) is 15.9 Å². The van der Waals surface area contributed by atoms with Gasteiger partial charge in [0.1, 0.15) is 11.9 Å². The number of piperidine rings is 1. The van der Waals surface area contributed by atoms with Gasteiger partial charge >= 0.3 is 0 Å². The van der Waals surface area contributed by atoms with Gasteiger partial charge in [-0.1, -0.05) is 6.07 Å². The highest BCUT2D eigenvalue weighted by Gasteiger charge is 2.39. The molecule has 2 saturated heterocycles. The number of fused-ring (bicyclic) bond motifs is 2. The van der Waals surface area contributed by atoms with Crippen molar-refractivity contribution in [2.24, 2.45) is 5.92 Å². The van der Waals surface area contributed by atoms with E-state index in [1.807, 2.05) is 42.5 Å². The van der Waals surface area contributed by atoms with Crippen molar-refractivity contribution in [3.63, 3.8) is 0 Å². The fourth-order valence-corrected chi connectivity index (χ4v) is 6.07. The third-order valence-corrected chi connectivity index (χ3v) is 8.47. The van der Waals surface area contributed by atoms with Gasteiger partial charge in [0, 0.05) is 40.7 Å². The van der Waals surface area contributed by atoms with Crippen LogP contribution in [0, 0.1) is 11.3 Å². The first-order valence-corrected chi connectivity index (χ1v) is 13.7. The molecule has 3 unspecified atom stereocenters. The highest BCUT2D eigenvalue weighted by Crippen LogP contribution is 2.40. The van der Waals surface area contributed by atoms with Crippen LogP contribution in [0.15, 0.2) is 66.9 Å². The SMILES string of the molecule is CN1C2CCC1CC(Oc1ccc(C(=N)c3cc(C(=O)NC(c4ccccn4)C4CC4)ccc3N)cc1)C2. The highest BCUT2D eigenvalue weighted by molar-refractivity contribution is 6.14. The van der Waals surface area contributed by atoms with Gasteiger partial charge in [-0.3, -0.25) is 15.2 Å². The van der Waals surface area contributed by atoms with E-state index < -0.39 is 0 Å². The molecule has 3 fully saturated rings. The van der Waals surface area contributed by atoms with Gasteiger partial charge in [-0.05, 0) is 106 Å². The van der Waals surface area contributed by atoms with Gasteiger partial charge in [0.2, 0.25) is 0 Å². The third kappa shape index (κ3) is 5.03. The maximum Gasteiger partial charge on any atom is 0.251 e. The van der Waals surface area contributed by atoms with E-state index in [2.05, 4.69) is 22.2 Å². The summed E-state index contributed by atoms with van der Waals surface area (Å²) in [5.74, 6) is 1.06. The number of ether oxygens (including phenoxy) is 1. The van der Waals surface area contributed by atoms with E-state index in [1.165, 1.54) is 12.8 Å². The Balaban J connectivity index is 1.14. The first-order chi connectivity index (χ1) is 18.5. The lowest BCUT2D eigenvalue weighted by atomic mass is 9.98. The van der Waals surface area contributed by atoms with Crippen molar-refractivity contribution in [2.45, 2.75) is 62.8 Å². The zero-order valence-electron chi connectivity index (χ0n) is 21.8. The third-order valence-electron chi connectivity index (χ3n) is 8.47. The van der Waals surface area contributed by atoms with E-state index >= 15 is 0 Å². The largest absolute Gasteiger partial charge is 0.490 e. The minimum absolute atomic E-state index is 0.114. The number of pyridine rings is 1. The second kappa shape index (κ2) is 10.2. The molecule has 3 aliphatic rings. The van der Waals surface area contributed by atoms with Crippen LogP contribution in [0.2, 0.25) is 0 Å². The monoisotopic (exact) mass is 509 g/mol. The van der Waals surface area contributed by atoms with Gasteiger partial charge in [-0.15, -0.1) is 0 Å². The molecule has 38 heavy (non-hydrogen) atoms. The van der Waals surface area contributed by atoms with Crippen LogP contribution < -0.4 is 15.8 Å². The highest BCUT2D eigenvalue weighted by atomic mass is 16.5. The molecule has 7 heteroatoms. The number of carbonyl (C=O) groups excluding carboxylic acids is 1. The number of hydrogen-bond acceptors (Lipinski definition) is 6. The van der Waals surface area contributed by atoms with E-state index in [9.17, 15) is 4.79 Å². The molecule has 2 bridgehead atoms.